The number of aryl methyl sites for hydroxylation is 1. The van der Waals surface area contributed by atoms with E-state index in [0.717, 1.165) is 0 Å². The van der Waals surface area contributed by atoms with Crippen LogP contribution in [0.25, 0.3) is 0 Å². The lowest BCUT2D eigenvalue weighted by Gasteiger charge is -2.08. The SMILES string of the molecule is Cc1cc(OCC(=O)Nc2ccccc2F)ccc1F. The molecule has 0 saturated heterocycles. The van der Waals surface area contributed by atoms with Gasteiger partial charge in [-0.15, -0.1) is 0 Å². The van der Waals surface area contributed by atoms with Gasteiger partial charge in [0.05, 0.1) is 5.69 Å². The number of benzene rings is 2. The van der Waals surface area contributed by atoms with Crippen LogP contribution < -0.4 is 10.1 Å². The molecule has 0 aliphatic rings. The molecular formula is C15H13F2NO2. The Morgan fingerprint density at radius 3 is 2.60 bits per heavy atom. The van der Waals surface area contributed by atoms with Crippen molar-refractivity contribution in [2.45, 2.75) is 6.92 Å². The lowest BCUT2D eigenvalue weighted by Crippen LogP contribution is -2.20. The highest BCUT2D eigenvalue weighted by Gasteiger charge is 2.07. The molecule has 0 unspecified atom stereocenters. The van der Waals surface area contributed by atoms with Crippen molar-refractivity contribution in [2.24, 2.45) is 0 Å². The van der Waals surface area contributed by atoms with Gasteiger partial charge in [0, 0.05) is 0 Å². The molecule has 5 heteroatoms. The average molecular weight is 277 g/mol. The van der Waals surface area contributed by atoms with Gasteiger partial charge in [0.1, 0.15) is 17.4 Å². The molecule has 2 aromatic rings. The van der Waals surface area contributed by atoms with E-state index >= 15 is 0 Å². The molecule has 0 radical (unpaired) electrons. The molecule has 0 aliphatic carbocycles. The Kier molecular flexibility index (Phi) is 4.30. The predicted molar refractivity (Wildman–Crippen MR) is 71.7 cm³/mol. The zero-order valence-electron chi connectivity index (χ0n) is 10.8. The quantitative estimate of drug-likeness (QED) is 0.931. The number of hydrogen-bond acceptors (Lipinski definition) is 2. The van der Waals surface area contributed by atoms with Crippen LogP contribution >= 0.6 is 0 Å². The third-order valence-corrected chi connectivity index (χ3v) is 2.65. The summed E-state index contributed by atoms with van der Waals surface area (Å²) in [6, 6.07) is 10.0. The van der Waals surface area contributed by atoms with E-state index in [-0.39, 0.29) is 18.1 Å². The second-order valence-corrected chi connectivity index (χ2v) is 4.23. The molecule has 0 atom stereocenters. The normalized spacial score (nSPS) is 10.2. The van der Waals surface area contributed by atoms with Gasteiger partial charge in [0.25, 0.3) is 5.91 Å². The zero-order chi connectivity index (χ0) is 14.5. The van der Waals surface area contributed by atoms with E-state index in [1.807, 2.05) is 0 Å². The van der Waals surface area contributed by atoms with Crippen LogP contribution in [0, 0.1) is 18.6 Å². The van der Waals surface area contributed by atoms with Crippen LogP contribution in [0.1, 0.15) is 5.56 Å². The lowest BCUT2D eigenvalue weighted by atomic mass is 10.2. The minimum atomic E-state index is -0.515. The van der Waals surface area contributed by atoms with Crippen LogP contribution in [0.15, 0.2) is 42.5 Å². The minimum Gasteiger partial charge on any atom is -0.484 e. The van der Waals surface area contributed by atoms with Gasteiger partial charge in [-0.05, 0) is 42.8 Å². The first-order valence-corrected chi connectivity index (χ1v) is 5.99. The van der Waals surface area contributed by atoms with Gasteiger partial charge >= 0.3 is 0 Å². The van der Waals surface area contributed by atoms with Gasteiger partial charge < -0.3 is 10.1 Å². The van der Waals surface area contributed by atoms with E-state index in [2.05, 4.69) is 5.32 Å². The number of rotatable bonds is 4. The number of nitrogens with one attached hydrogen (secondary N) is 1. The van der Waals surface area contributed by atoms with Crippen LogP contribution in [0.2, 0.25) is 0 Å². The van der Waals surface area contributed by atoms with Crippen molar-refractivity contribution in [3.05, 3.63) is 59.7 Å². The maximum absolute atomic E-state index is 13.3. The molecule has 0 saturated carbocycles. The summed E-state index contributed by atoms with van der Waals surface area (Å²) in [4.78, 5) is 11.6. The molecule has 0 fully saturated rings. The van der Waals surface area contributed by atoms with E-state index in [4.69, 9.17) is 4.74 Å². The van der Waals surface area contributed by atoms with E-state index in [1.165, 1.54) is 36.4 Å². The molecule has 0 bridgehead atoms. The molecule has 0 spiro atoms. The molecule has 20 heavy (non-hydrogen) atoms. The van der Waals surface area contributed by atoms with Crippen molar-refractivity contribution < 1.29 is 18.3 Å². The highest BCUT2D eigenvalue weighted by molar-refractivity contribution is 5.91. The summed E-state index contributed by atoms with van der Waals surface area (Å²) in [5.74, 6) is -0.962. The molecule has 0 aromatic heterocycles. The number of amides is 1. The van der Waals surface area contributed by atoms with Crippen LogP contribution in [0.3, 0.4) is 0 Å². The molecule has 2 rings (SSSR count). The molecule has 104 valence electrons. The molecular weight excluding hydrogens is 264 g/mol. The Morgan fingerprint density at radius 2 is 1.90 bits per heavy atom. The minimum absolute atomic E-state index is 0.0939. The second kappa shape index (κ2) is 6.14. The summed E-state index contributed by atoms with van der Waals surface area (Å²) < 4.78 is 31.6. The Hall–Kier alpha value is -2.43. The maximum atomic E-state index is 13.3. The van der Waals surface area contributed by atoms with Crippen LogP contribution in [-0.4, -0.2) is 12.5 Å². The van der Waals surface area contributed by atoms with E-state index < -0.39 is 11.7 Å². The summed E-state index contributed by atoms with van der Waals surface area (Å²) in [7, 11) is 0. The monoisotopic (exact) mass is 277 g/mol. The highest BCUT2D eigenvalue weighted by Crippen LogP contribution is 2.16. The van der Waals surface area contributed by atoms with Gasteiger partial charge in [-0.3, -0.25) is 4.79 Å². The first kappa shape index (κ1) is 14.0. The van der Waals surface area contributed by atoms with Gasteiger partial charge in [-0.2, -0.15) is 0 Å². The smallest absolute Gasteiger partial charge is 0.262 e. The van der Waals surface area contributed by atoms with E-state index in [1.54, 1.807) is 13.0 Å². The Balaban J connectivity index is 1.92. The molecule has 1 amide bonds. The molecule has 3 nitrogen and oxygen atoms in total. The van der Waals surface area contributed by atoms with Crippen molar-refractivity contribution in [3.63, 3.8) is 0 Å². The summed E-state index contributed by atoms with van der Waals surface area (Å²) >= 11 is 0. The Bertz CT molecular complexity index is 629. The molecule has 0 heterocycles. The van der Waals surface area contributed by atoms with Gasteiger partial charge in [-0.25, -0.2) is 8.78 Å². The number of carbonyl (C=O) groups is 1. The second-order valence-electron chi connectivity index (χ2n) is 4.23. The number of anilines is 1. The summed E-state index contributed by atoms with van der Waals surface area (Å²) in [6.07, 6.45) is 0. The van der Waals surface area contributed by atoms with Crippen molar-refractivity contribution in [1.82, 2.24) is 0 Å². The maximum Gasteiger partial charge on any atom is 0.262 e. The Morgan fingerprint density at radius 1 is 1.15 bits per heavy atom. The molecule has 2 aromatic carbocycles. The van der Waals surface area contributed by atoms with Gasteiger partial charge in [0.15, 0.2) is 6.61 Å². The van der Waals surface area contributed by atoms with Crippen molar-refractivity contribution >= 4 is 11.6 Å². The fourth-order valence-corrected chi connectivity index (χ4v) is 1.60. The first-order chi connectivity index (χ1) is 9.56. The number of hydrogen-bond donors (Lipinski definition) is 1. The number of ether oxygens (including phenoxy) is 1. The van der Waals surface area contributed by atoms with Crippen LogP contribution in [-0.2, 0) is 4.79 Å². The number of halogens is 2. The fourth-order valence-electron chi connectivity index (χ4n) is 1.60. The van der Waals surface area contributed by atoms with Crippen LogP contribution in [0.5, 0.6) is 5.75 Å². The van der Waals surface area contributed by atoms with Gasteiger partial charge in [-0.1, -0.05) is 12.1 Å². The third-order valence-electron chi connectivity index (χ3n) is 2.65. The van der Waals surface area contributed by atoms with E-state index in [0.29, 0.717) is 11.3 Å². The zero-order valence-corrected chi connectivity index (χ0v) is 10.8. The fraction of sp³-hybridized carbons (Fsp3) is 0.133. The van der Waals surface area contributed by atoms with Gasteiger partial charge in [0.2, 0.25) is 0 Å². The van der Waals surface area contributed by atoms with Crippen molar-refractivity contribution in [1.29, 1.82) is 0 Å². The highest BCUT2D eigenvalue weighted by atomic mass is 19.1. The number of para-hydroxylation sites is 1. The van der Waals surface area contributed by atoms with Crippen LogP contribution in [0.4, 0.5) is 14.5 Å². The third kappa shape index (κ3) is 3.54. The summed E-state index contributed by atoms with van der Waals surface area (Å²) in [6.45, 7) is 1.32. The predicted octanol–water partition coefficient (Wildman–Crippen LogP) is 3.29. The molecule has 0 aliphatic heterocycles. The molecule has 1 N–H and O–H groups in total. The average Bonchev–Trinajstić information content (AvgIpc) is 2.43. The standard InChI is InChI=1S/C15H13F2NO2/c1-10-8-11(6-7-12(10)16)20-9-15(19)18-14-5-3-2-4-13(14)17/h2-8H,9H2,1H3,(H,18,19). The number of carbonyl (C=O) groups excluding carboxylic acids is 1. The lowest BCUT2D eigenvalue weighted by molar-refractivity contribution is -0.118. The first-order valence-electron chi connectivity index (χ1n) is 5.99. The Labute approximate surface area is 115 Å². The summed E-state index contributed by atoms with van der Waals surface area (Å²) in [5, 5.41) is 2.39. The van der Waals surface area contributed by atoms with Crippen molar-refractivity contribution in [3.8, 4) is 5.75 Å². The van der Waals surface area contributed by atoms with Crippen molar-refractivity contribution in [2.75, 3.05) is 11.9 Å². The topological polar surface area (TPSA) is 38.3 Å². The largest absolute Gasteiger partial charge is 0.484 e. The summed E-state index contributed by atoms with van der Waals surface area (Å²) in [5.41, 5.74) is 0.522. The van der Waals surface area contributed by atoms with E-state index in [9.17, 15) is 13.6 Å².